The molecule has 1 aliphatic carbocycles. The van der Waals surface area contributed by atoms with Crippen molar-refractivity contribution >= 4 is 28.5 Å². The van der Waals surface area contributed by atoms with Gasteiger partial charge in [0.1, 0.15) is 5.82 Å². The molecule has 2 fully saturated rings. The second kappa shape index (κ2) is 10.7. The van der Waals surface area contributed by atoms with Gasteiger partial charge in [-0.1, -0.05) is 12.1 Å². The van der Waals surface area contributed by atoms with Gasteiger partial charge >= 0.3 is 11.7 Å². The largest absolute Gasteiger partial charge is 0.348 e. The van der Waals surface area contributed by atoms with E-state index >= 15 is 4.39 Å². The minimum absolute atomic E-state index is 0.129. The quantitative estimate of drug-likeness (QED) is 0.500. The molecule has 39 heavy (non-hydrogen) atoms. The highest BCUT2D eigenvalue weighted by Crippen LogP contribution is 2.30. The number of hydrogen-bond donors (Lipinski definition) is 2. The summed E-state index contributed by atoms with van der Waals surface area (Å²) in [6.07, 6.45) is 3.32. The van der Waals surface area contributed by atoms with Crippen LogP contribution in [0.2, 0.25) is 0 Å². The van der Waals surface area contributed by atoms with Gasteiger partial charge in [0, 0.05) is 43.3 Å². The highest BCUT2D eigenvalue weighted by molar-refractivity contribution is 5.95. The molecular formula is C29H33FN5O4. The van der Waals surface area contributed by atoms with Gasteiger partial charge in [-0.05, 0) is 76.1 Å². The number of hydrogen-bond acceptors (Lipinski definition) is 4. The lowest BCUT2D eigenvalue weighted by Crippen LogP contribution is -2.50. The van der Waals surface area contributed by atoms with E-state index in [1.54, 1.807) is 24.3 Å². The van der Waals surface area contributed by atoms with E-state index in [1.165, 1.54) is 20.1 Å². The van der Waals surface area contributed by atoms with Crippen LogP contribution < -0.4 is 21.9 Å². The van der Waals surface area contributed by atoms with Gasteiger partial charge in [-0.2, -0.15) is 0 Å². The standard InChI is InChI=1S/C29H33FN5O4/c1-17(2)35-25-14-23(30)24(13-22(25)27(37)34(29(35)39)15-19-8-9-19)32-28(38)33-12-4-5-21(16-33)31-26(36)20-10-6-18(3)7-11-20/h6-7,10-11,13-14,17,19,21H,3-5,8-9,12,15-16H2,1-2H3,(H,31,36)(H,32,38)/t21-/m1/s1. The summed E-state index contributed by atoms with van der Waals surface area (Å²) in [7, 11) is 0. The zero-order valence-electron chi connectivity index (χ0n) is 22.2. The first-order chi connectivity index (χ1) is 18.6. The number of aromatic nitrogens is 2. The summed E-state index contributed by atoms with van der Waals surface area (Å²) >= 11 is 0. The highest BCUT2D eigenvalue weighted by atomic mass is 19.1. The highest BCUT2D eigenvalue weighted by Gasteiger charge is 2.28. The first-order valence-electron chi connectivity index (χ1n) is 13.4. The van der Waals surface area contributed by atoms with Crippen molar-refractivity contribution in [3.05, 3.63) is 81.1 Å². The number of anilines is 1. The van der Waals surface area contributed by atoms with E-state index in [1.807, 2.05) is 13.8 Å². The van der Waals surface area contributed by atoms with Crippen LogP contribution in [0.1, 0.15) is 61.5 Å². The maximum absolute atomic E-state index is 15.2. The van der Waals surface area contributed by atoms with Crippen molar-refractivity contribution in [1.29, 1.82) is 0 Å². The molecule has 1 saturated heterocycles. The second-order valence-electron chi connectivity index (χ2n) is 10.8. The lowest BCUT2D eigenvalue weighted by atomic mass is 10.0. The zero-order chi connectivity index (χ0) is 27.8. The molecule has 0 unspecified atom stereocenters. The number of benzene rings is 2. The average molecular weight is 535 g/mol. The number of nitrogens with one attached hydrogen (secondary N) is 2. The van der Waals surface area contributed by atoms with Crippen LogP contribution in [0.25, 0.3) is 10.9 Å². The molecule has 1 aliphatic heterocycles. The van der Waals surface area contributed by atoms with Crippen molar-refractivity contribution in [2.75, 3.05) is 18.4 Å². The van der Waals surface area contributed by atoms with E-state index < -0.39 is 23.1 Å². The molecule has 1 aromatic heterocycles. The number of fused-ring (bicyclic) bond motifs is 1. The molecular weight excluding hydrogens is 501 g/mol. The topological polar surface area (TPSA) is 105 Å². The van der Waals surface area contributed by atoms with Crippen LogP contribution in [-0.4, -0.2) is 45.1 Å². The number of carbonyl (C=O) groups excluding carboxylic acids is 2. The molecule has 205 valence electrons. The third-order valence-electron chi connectivity index (χ3n) is 7.41. The Morgan fingerprint density at radius 3 is 2.49 bits per heavy atom. The van der Waals surface area contributed by atoms with Crippen LogP contribution in [0, 0.1) is 18.7 Å². The molecule has 5 rings (SSSR count). The Labute approximate surface area is 225 Å². The van der Waals surface area contributed by atoms with Crippen molar-refractivity contribution in [3.8, 4) is 0 Å². The lowest BCUT2D eigenvalue weighted by Gasteiger charge is -2.33. The van der Waals surface area contributed by atoms with E-state index in [0.717, 1.165) is 24.5 Å². The van der Waals surface area contributed by atoms with Gasteiger partial charge in [0.15, 0.2) is 0 Å². The van der Waals surface area contributed by atoms with Gasteiger partial charge in [-0.15, -0.1) is 0 Å². The second-order valence-corrected chi connectivity index (χ2v) is 10.8. The maximum atomic E-state index is 15.2. The summed E-state index contributed by atoms with van der Waals surface area (Å²) in [5.41, 5.74) is 0.457. The molecule has 3 aromatic rings. The molecule has 3 amide bonds. The number of rotatable bonds is 6. The van der Waals surface area contributed by atoms with E-state index in [9.17, 15) is 19.2 Å². The van der Waals surface area contributed by atoms with Crippen molar-refractivity contribution in [2.45, 2.75) is 58.2 Å². The van der Waals surface area contributed by atoms with Crippen LogP contribution in [0.4, 0.5) is 14.9 Å². The first kappa shape index (κ1) is 26.6. The first-order valence-corrected chi connectivity index (χ1v) is 13.4. The summed E-state index contributed by atoms with van der Waals surface area (Å²) in [6.45, 7) is 8.48. The number of urea groups is 1. The number of halogens is 1. The Morgan fingerprint density at radius 1 is 1.10 bits per heavy atom. The number of carbonyl (C=O) groups is 2. The van der Waals surface area contributed by atoms with Crippen LogP contribution in [-0.2, 0) is 6.54 Å². The fraction of sp³-hybridized carbons (Fsp3) is 0.414. The van der Waals surface area contributed by atoms with E-state index in [-0.39, 0.29) is 41.1 Å². The van der Waals surface area contributed by atoms with Gasteiger partial charge in [0.2, 0.25) is 0 Å². The fourth-order valence-corrected chi connectivity index (χ4v) is 5.11. The van der Waals surface area contributed by atoms with Crippen molar-refractivity contribution in [2.24, 2.45) is 5.92 Å². The fourth-order valence-electron chi connectivity index (χ4n) is 5.11. The predicted molar refractivity (Wildman–Crippen MR) is 148 cm³/mol. The number of piperidine rings is 1. The molecule has 10 heteroatoms. The number of amides is 3. The van der Waals surface area contributed by atoms with Crippen LogP contribution in [0.15, 0.2) is 46.0 Å². The minimum Gasteiger partial charge on any atom is -0.348 e. The van der Waals surface area contributed by atoms with Gasteiger partial charge in [-0.25, -0.2) is 14.0 Å². The van der Waals surface area contributed by atoms with Crippen molar-refractivity contribution in [3.63, 3.8) is 0 Å². The van der Waals surface area contributed by atoms with Crippen LogP contribution in [0.3, 0.4) is 0 Å². The Balaban J connectivity index is 1.36. The Hall–Kier alpha value is -3.95. The van der Waals surface area contributed by atoms with Gasteiger partial charge in [-0.3, -0.25) is 18.7 Å². The third kappa shape index (κ3) is 5.60. The van der Waals surface area contributed by atoms with Gasteiger partial charge < -0.3 is 15.5 Å². The minimum atomic E-state index is -0.736. The molecule has 2 heterocycles. The monoisotopic (exact) mass is 534 g/mol. The van der Waals surface area contributed by atoms with E-state index in [2.05, 4.69) is 17.6 Å². The summed E-state index contributed by atoms with van der Waals surface area (Å²) in [4.78, 5) is 53.7. The lowest BCUT2D eigenvalue weighted by molar-refractivity contribution is 0.0913. The molecule has 0 bridgehead atoms. The molecule has 9 nitrogen and oxygen atoms in total. The predicted octanol–water partition coefficient (Wildman–Crippen LogP) is 3.90. The van der Waals surface area contributed by atoms with Gasteiger partial charge in [0.25, 0.3) is 11.5 Å². The summed E-state index contributed by atoms with van der Waals surface area (Å²) in [5, 5.41) is 5.75. The normalized spacial score (nSPS) is 17.5. The SMILES string of the molecule is [CH2]c1ccc(C(=O)N[C@@H]2CCCN(C(=O)Nc3cc4c(=O)n(CC5CC5)c(=O)n(C(C)C)c4cc3F)C2)cc1. The smallest absolute Gasteiger partial charge is 0.331 e. The summed E-state index contributed by atoms with van der Waals surface area (Å²) < 4.78 is 17.9. The van der Waals surface area contributed by atoms with Crippen LogP contribution >= 0.6 is 0 Å². The molecule has 2 aliphatic rings. The van der Waals surface area contributed by atoms with Gasteiger partial charge in [0.05, 0.1) is 16.6 Å². The Kier molecular flexibility index (Phi) is 7.29. The van der Waals surface area contributed by atoms with E-state index in [0.29, 0.717) is 37.4 Å². The van der Waals surface area contributed by atoms with Crippen LogP contribution in [0.5, 0.6) is 0 Å². The Morgan fingerprint density at radius 2 is 1.82 bits per heavy atom. The number of likely N-dealkylation sites (tertiary alicyclic amines) is 1. The molecule has 2 aromatic carbocycles. The molecule has 1 radical (unpaired) electrons. The molecule has 1 atom stereocenters. The van der Waals surface area contributed by atoms with Crippen molar-refractivity contribution < 1.29 is 14.0 Å². The maximum Gasteiger partial charge on any atom is 0.331 e. The average Bonchev–Trinajstić information content (AvgIpc) is 3.72. The molecule has 1 saturated carbocycles. The Bertz CT molecular complexity index is 1540. The zero-order valence-corrected chi connectivity index (χ0v) is 22.2. The molecule has 2 N–H and O–H groups in total. The summed E-state index contributed by atoms with van der Waals surface area (Å²) in [6, 6.07) is 8.31. The molecule has 0 spiro atoms. The van der Waals surface area contributed by atoms with E-state index in [4.69, 9.17) is 0 Å². The summed E-state index contributed by atoms with van der Waals surface area (Å²) in [5.74, 6) is -0.676. The third-order valence-corrected chi connectivity index (χ3v) is 7.41. The van der Waals surface area contributed by atoms with Crippen molar-refractivity contribution in [1.82, 2.24) is 19.4 Å². The number of nitrogens with zero attached hydrogens (tertiary/aromatic N) is 3.